The summed E-state index contributed by atoms with van der Waals surface area (Å²) in [6.45, 7) is 5.29. The third kappa shape index (κ3) is 5.87. The van der Waals surface area contributed by atoms with Crippen LogP contribution in [0.3, 0.4) is 0 Å². The fraction of sp³-hybridized carbons (Fsp3) is 0.750. The fourth-order valence-corrected chi connectivity index (χ4v) is 6.43. The molecule has 0 unspecified atom stereocenters. The van der Waals surface area contributed by atoms with Crippen LogP contribution in [0.1, 0.15) is 33.4 Å². The Balaban J connectivity index is 3.09. The van der Waals surface area contributed by atoms with E-state index in [-0.39, 0.29) is 0 Å². The fourth-order valence-electron chi connectivity index (χ4n) is 1.72. The van der Waals surface area contributed by atoms with Gasteiger partial charge in [-0.3, -0.25) is 9.05 Å². The summed E-state index contributed by atoms with van der Waals surface area (Å²) < 4.78 is 29.5. The molecule has 11 heteroatoms. The standard InChI is InChI=1S/C12H24N2O5P2S2/c1-6-15-20(22,16-7-2)14-11(5)10-12(13-14)19-21(23,17-8-3)18-9-4/h10H,6-9H2,1-5H3. The zero-order valence-electron chi connectivity index (χ0n) is 14.1. The van der Waals surface area contributed by atoms with Crippen molar-refractivity contribution in [2.45, 2.75) is 34.6 Å². The Morgan fingerprint density at radius 2 is 1.43 bits per heavy atom. The van der Waals surface area contributed by atoms with E-state index in [4.69, 9.17) is 46.2 Å². The summed E-state index contributed by atoms with van der Waals surface area (Å²) in [6.07, 6.45) is 0. The van der Waals surface area contributed by atoms with Crippen LogP contribution in [0.5, 0.6) is 5.88 Å². The summed E-state index contributed by atoms with van der Waals surface area (Å²) in [6, 6.07) is 1.72. The molecule has 7 nitrogen and oxygen atoms in total. The summed E-state index contributed by atoms with van der Waals surface area (Å²) in [4.78, 5) is 0. The van der Waals surface area contributed by atoms with Gasteiger partial charge in [-0.1, -0.05) is 0 Å². The van der Waals surface area contributed by atoms with Crippen molar-refractivity contribution >= 4 is 37.0 Å². The highest BCUT2D eigenvalue weighted by Crippen LogP contribution is 2.53. The monoisotopic (exact) mass is 402 g/mol. The van der Waals surface area contributed by atoms with Gasteiger partial charge in [0.25, 0.3) is 0 Å². The maximum atomic E-state index is 5.71. The Morgan fingerprint density at radius 3 is 1.87 bits per heavy atom. The molecule has 1 rings (SSSR count). The quantitative estimate of drug-likeness (QED) is 0.515. The van der Waals surface area contributed by atoms with Gasteiger partial charge >= 0.3 is 13.4 Å². The molecule has 1 aromatic rings. The van der Waals surface area contributed by atoms with Crippen molar-refractivity contribution in [3.63, 3.8) is 0 Å². The van der Waals surface area contributed by atoms with E-state index in [9.17, 15) is 0 Å². The lowest BCUT2D eigenvalue weighted by molar-refractivity contribution is 0.215. The van der Waals surface area contributed by atoms with Gasteiger partial charge in [0, 0.05) is 23.6 Å². The van der Waals surface area contributed by atoms with E-state index < -0.39 is 13.4 Å². The van der Waals surface area contributed by atoms with Gasteiger partial charge in [-0.15, -0.1) is 5.10 Å². The maximum absolute atomic E-state index is 5.71. The van der Waals surface area contributed by atoms with Crippen LogP contribution in [0.15, 0.2) is 6.07 Å². The van der Waals surface area contributed by atoms with Crippen molar-refractivity contribution in [3.8, 4) is 5.88 Å². The van der Waals surface area contributed by atoms with Gasteiger partial charge in [-0.25, -0.2) is 0 Å². The lowest BCUT2D eigenvalue weighted by atomic mass is 10.5. The Hall–Kier alpha value is 0.150. The van der Waals surface area contributed by atoms with Gasteiger partial charge in [0.1, 0.15) is 0 Å². The lowest BCUT2D eigenvalue weighted by Crippen LogP contribution is -2.08. The van der Waals surface area contributed by atoms with Crippen LogP contribution < -0.4 is 4.52 Å². The van der Waals surface area contributed by atoms with E-state index >= 15 is 0 Å². The molecule has 0 spiro atoms. The van der Waals surface area contributed by atoms with Crippen LogP contribution in [-0.4, -0.2) is 36.0 Å². The number of rotatable bonds is 11. The molecule has 0 saturated carbocycles. The van der Waals surface area contributed by atoms with Crippen molar-refractivity contribution in [1.29, 1.82) is 0 Å². The predicted molar refractivity (Wildman–Crippen MR) is 98.1 cm³/mol. The molecule has 0 aromatic carbocycles. The zero-order valence-corrected chi connectivity index (χ0v) is 17.5. The minimum Gasteiger partial charge on any atom is -0.404 e. The predicted octanol–water partition coefficient (Wildman–Crippen LogP) is 4.01. The van der Waals surface area contributed by atoms with Crippen LogP contribution >= 0.6 is 13.4 Å². The van der Waals surface area contributed by atoms with Crippen LogP contribution in [0.2, 0.25) is 0 Å². The van der Waals surface area contributed by atoms with Gasteiger partial charge in [-0.05, 0) is 46.4 Å². The molecule has 0 radical (unpaired) electrons. The van der Waals surface area contributed by atoms with Crippen molar-refractivity contribution in [1.82, 2.24) is 9.55 Å². The summed E-state index contributed by atoms with van der Waals surface area (Å²) in [5.74, 6) is 0.293. The first-order chi connectivity index (χ1) is 10.8. The second-order valence-electron chi connectivity index (χ2n) is 4.19. The normalized spacial score (nSPS) is 12.6. The maximum Gasteiger partial charge on any atom is 0.381 e. The Bertz CT molecular complexity index is 576. The van der Waals surface area contributed by atoms with Gasteiger partial charge in [-0.2, -0.15) is 4.45 Å². The molecule has 0 bridgehead atoms. The first kappa shape index (κ1) is 21.2. The number of aryl methyl sites for hydroxylation is 1. The Kier molecular flexibility index (Phi) is 8.83. The molecular weight excluding hydrogens is 378 g/mol. The van der Waals surface area contributed by atoms with E-state index in [2.05, 4.69) is 5.10 Å². The molecule has 23 heavy (non-hydrogen) atoms. The molecule has 0 aliphatic carbocycles. The summed E-state index contributed by atoms with van der Waals surface area (Å²) in [5.41, 5.74) is 0.764. The van der Waals surface area contributed by atoms with Crippen LogP contribution in [0.25, 0.3) is 0 Å². The smallest absolute Gasteiger partial charge is 0.381 e. The van der Waals surface area contributed by atoms with Gasteiger partial charge in [0.15, 0.2) is 0 Å². The lowest BCUT2D eigenvalue weighted by Gasteiger charge is -2.22. The highest BCUT2D eigenvalue weighted by atomic mass is 32.5. The van der Waals surface area contributed by atoms with E-state index in [1.807, 2.05) is 34.6 Å². The van der Waals surface area contributed by atoms with E-state index in [0.29, 0.717) is 32.3 Å². The number of hydrogen-bond donors (Lipinski definition) is 0. The molecule has 134 valence electrons. The average Bonchev–Trinajstić information content (AvgIpc) is 2.80. The van der Waals surface area contributed by atoms with Gasteiger partial charge < -0.3 is 13.6 Å². The van der Waals surface area contributed by atoms with Gasteiger partial charge in [0.05, 0.1) is 26.4 Å². The largest absolute Gasteiger partial charge is 0.404 e. The number of aromatic nitrogens is 2. The first-order valence-electron chi connectivity index (χ1n) is 7.39. The summed E-state index contributed by atoms with van der Waals surface area (Å²) >= 11 is 10.9. The second kappa shape index (κ2) is 9.59. The third-order valence-corrected chi connectivity index (χ3v) is 7.99. The minimum absolute atomic E-state index is 0.293. The molecular formula is C12H24N2O5P2S2. The van der Waals surface area contributed by atoms with E-state index in [1.54, 1.807) is 10.5 Å². The van der Waals surface area contributed by atoms with Crippen molar-refractivity contribution in [2.24, 2.45) is 0 Å². The van der Waals surface area contributed by atoms with Crippen LogP contribution in [0.4, 0.5) is 0 Å². The molecule has 0 fully saturated rings. The van der Waals surface area contributed by atoms with Crippen molar-refractivity contribution in [2.75, 3.05) is 26.4 Å². The molecule has 0 N–H and O–H groups in total. The van der Waals surface area contributed by atoms with E-state index in [1.165, 1.54) is 0 Å². The molecule has 0 atom stereocenters. The molecule has 1 aromatic heterocycles. The second-order valence-corrected chi connectivity index (χ2v) is 10.3. The topological polar surface area (TPSA) is 64.0 Å². The molecule has 0 aliphatic heterocycles. The highest BCUT2D eigenvalue weighted by Gasteiger charge is 2.28. The number of nitrogens with zero attached hydrogens (tertiary/aromatic N) is 2. The summed E-state index contributed by atoms with van der Waals surface area (Å²) in [7, 11) is 0. The zero-order chi connectivity index (χ0) is 17.5. The van der Waals surface area contributed by atoms with Gasteiger partial charge in [0.2, 0.25) is 5.88 Å². The molecule has 1 heterocycles. The average molecular weight is 402 g/mol. The minimum atomic E-state index is -2.88. The third-order valence-electron chi connectivity index (χ3n) is 2.44. The summed E-state index contributed by atoms with van der Waals surface area (Å²) in [5, 5.41) is 4.36. The molecule has 0 aliphatic rings. The van der Waals surface area contributed by atoms with Crippen molar-refractivity contribution in [3.05, 3.63) is 11.8 Å². The van der Waals surface area contributed by atoms with E-state index in [0.717, 1.165) is 5.69 Å². The highest BCUT2D eigenvalue weighted by molar-refractivity contribution is 8.09. The first-order valence-corrected chi connectivity index (χ1v) is 12.5. The molecule has 0 saturated heterocycles. The van der Waals surface area contributed by atoms with Crippen LogP contribution in [-0.2, 0) is 41.7 Å². The Morgan fingerprint density at radius 1 is 0.957 bits per heavy atom. The Labute approximate surface area is 148 Å². The number of hydrogen-bond acceptors (Lipinski definition) is 8. The van der Waals surface area contributed by atoms with Crippen LogP contribution in [0, 0.1) is 6.92 Å². The van der Waals surface area contributed by atoms with Crippen molar-refractivity contribution < 1.29 is 22.6 Å². The molecule has 0 amide bonds. The SMILES string of the molecule is CCOP(=S)(OCC)Oc1cc(C)n(P(=S)(OCC)OCC)n1.